The molecule has 2 aliphatic rings. The number of hydrogen-bond acceptors (Lipinski definition) is 4. The molecule has 0 radical (unpaired) electrons. The van der Waals surface area contributed by atoms with Gasteiger partial charge in [0.25, 0.3) is 0 Å². The molecule has 4 nitrogen and oxygen atoms in total. The Morgan fingerprint density at radius 3 is 2.95 bits per heavy atom. The lowest BCUT2D eigenvalue weighted by molar-refractivity contribution is 0.0413. The summed E-state index contributed by atoms with van der Waals surface area (Å²) < 4.78 is 16.3. The number of benzene rings is 1. The van der Waals surface area contributed by atoms with E-state index in [0.29, 0.717) is 18.9 Å². The zero-order chi connectivity index (χ0) is 13.1. The molecule has 1 fully saturated rings. The lowest BCUT2D eigenvalue weighted by atomic mass is 9.92. The van der Waals surface area contributed by atoms with Crippen LogP contribution in [0.1, 0.15) is 31.2 Å². The first-order valence-electron chi connectivity index (χ1n) is 7.01. The molecule has 0 bridgehead atoms. The molecule has 1 aromatic carbocycles. The van der Waals surface area contributed by atoms with Gasteiger partial charge >= 0.3 is 0 Å². The third-order valence-electron chi connectivity index (χ3n) is 4.01. The summed E-state index contributed by atoms with van der Waals surface area (Å²) in [6.45, 7) is 1.18. The molecule has 1 heterocycles. The molecular formula is C15H21NO3. The summed E-state index contributed by atoms with van der Waals surface area (Å²) in [5.41, 5.74) is 1.23. The van der Waals surface area contributed by atoms with Crippen LogP contribution in [-0.4, -0.2) is 26.0 Å². The molecule has 1 aromatic rings. The number of fused-ring (bicyclic) bond motifs is 1. The molecule has 0 saturated heterocycles. The highest BCUT2D eigenvalue weighted by molar-refractivity contribution is 5.44. The minimum absolute atomic E-state index is 0.334. The maximum Gasteiger partial charge on any atom is 0.231 e. The van der Waals surface area contributed by atoms with Crippen LogP contribution in [0.5, 0.6) is 11.5 Å². The van der Waals surface area contributed by atoms with Crippen LogP contribution in [0.2, 0.25) is 0 Å². The van der Waals surface area contributed by atoms with Crippen LogP contribution in [0.4, 0.5) is 0 Å². The number of rotatable bonds is 4. The largest absolute Gasteiger partial charge is 0.454 e. The van der Waals surface area contributed by atoms with E-state index in [4.69, 9.17) is 14.2 Å². The van der Waals surface area contributed by atoms with E-state index in [-0.39, 0.29) is 0 Å². The van der Waals surface area contributed by atoms with E-state index in [2.05, 4.69) is 17.4 Å². The maximum absolute atomic E-state index is 5.56. The summed E-state index contributed by atoms with van der Waals surface area (Å²) in [6, 6.07) is 6.59. The number of methoxy groups -OCH3 is 1. The van der Waals surface area contributed by atoms with E-state index >= 15 is 0 Å². The molecule has 19 heavy (non-hydrogen) atoms. The Bertz CT molecular complexity index is 435. The van der Waals surface area contributed by atoms with E-state index in [1.807, 2.05) is 13.2 Å². The van der Waals surface area contributed by atoms with Gasteiger partial charge in [-0.15, -0.1) is 0 Å². The predicted molar refractivity (Wildman–Crippen MR) is 72.5 cm³/mol. The molecule has 0 amide bonds. The highest BCUT2D eigenvalue weighted by Gasteiger charge is 2.24. The van der Waals surface area contributed by atoms with Crippen molar-refractivity contribution >= 4 is 0 Å². The van der Waals surface area contributed by atoms with Crippen LogP contribution in [-0.2, 0) is 11.3 Å². The molecule has 4 heteroatoms. The van der Waals surface area contributed by atoms with Gasteiger partial charge in [0, 0.05) is 19.7 Å². The minimum atomic E-state index is 0.334. The molecule has 1 aliphatic carbocycles. The first-order valence-corrected chi connectivity index (χ1v) is 7.01. The standard InChI is InChI=1S/C15H21NO3/c1-17-13-5-3-2-4-12(13)16-9-11-6-7-14-15(8-11)19-10-18-14/h6-8,12-13,16H,2-5,9-10H2,1H3/t12-,13+/m0/s1. The molecule has 0 unspecified atom stereocenters. The molecule has 104 valence electrons. The van der Waals surface area contributed by atoms with Gasteiger partial charge in [-0.2, -0.15) is 0 Å². The molecule has 0 aromatic heterocycles. The molecule has 1 aliphatic heterocycles. The Hall–Kier alpha value is -1.26. The maximum atomic E-state index is 5.56. The summed E-state index contributed by atoms with van der Waals surface area (Å²) in [7, 11) is 1.81. The first kappa shape index (κ1) is 12.8. The van der Waals surface area contributed by atoms with Gasteiger partial charge in [-0.05, 0) is 30.5 Å². The molecule has 2 atom stereocenters. The van der Waals surface area contributed by atoms with Gasteiger partial charge in [0.1, 0.15) is 0 Å². The topological polar surface area (TPSA) is 39.7 Å². The number of ether oxygens (including phenoxy) is 3. The second-order valence-electron chi connectivity index (χ2n) is 5.23. The van der Waals surface area contributed by atoms with Crippen molar-refractivity contribution in [3.05, 3.63) is 23.8 Å². The zero-order valence-corrected chi connectivity index (χ0v) is 11.4. The van der Waals surface area contributed by atoms with E-state index in [1.54, 1.807) is 0 Å². The SMILES string of the molecule is CO[C@@H]1CCCC[C@@H]1NCc1ccc2c(c1)OCO2. The van der Waals surface area contributed by atoms with Crippen LogP contribution < -0.4 is 14.8 Å². The van der Waals surface area contributed by atoms with E-state index in [0.717, 1.165) is 24.5 Å². The van der Waals surface area contributed by atoms with E-state index in [1.165, 1.54) is 24.8 Å². The predicted octanol–water partition coefficient (Wildman–Crippen LogP) is 2.46. The Balaban J connectivity index is 1.59. The van der Waals surface area contributed by atoms with Gasteiger partial charge < -0.3 is 19.5 Å². The van der Waals surface area contributed by atoms with Crippen molar-refractivity contribution in [3.63, 3.8) is 0 Å². The molecule has 0 spiro atoms. The minimum Gasteiger partial charge on any atom is -0.454 e. The average molecular weight is 263 g/mol. The smallest absolute Gasteiger partial charge is 0.231 e. The lowest BCUT2D eigenvalue weighted by Gasteiger charge is -2.31. The third kappa shape index (κ3) is 2.85. The van der Waals surface area contributed by atoms with Crippen LogP contribution in [0.3, 0.4) is 0 Å². The highest BCUT2D eigenvalue weighted by atomic mass is 16.7. The summed E-state index contributed by atoms with van der Waals surface area (Å²) in [6.07, 6.45) is 5.28. The molecule has 1 saturated carbocycles. The summed E-state index contributed by atoms with van der Waals surface area (Å²) in [4.78, 5) is 0. The van der Waals surface area contributed by atoms with Gasteiger partial charge in [0.15, 0.2) is 11.5 Å². The van der Waals surface area contributed by atoms with Crippen molar-refractivity contribution in [2.24, 2.45) is 0 Å². The summed E-state index contributed by atoms with van der Waals surface area (Å²) in [5.74, 6) is 1.70. The Morgan fingerprint density at radius 2 is 2.05 bits per heavy atom. The van der Waals surface area contributed by atoms with Crippen molar-refractivity contribution in [1.82, 2.24) is 5.32 Å². The first-order chi connectivity index (χ1) is 9.36. The summed E-state index contributed by atoms with van der Waals surface area (Å²) in [5, 5.41) is 3.61. The van der Waals surface area contributed by atoms with Crippen molar-refractivity contribution < 1.29 is 14.2 Å². The van der Waals surface area contributed by atoms with Gasteiger partial charge in [0.05, 0.1) is 6.10 Å². The molecule has 3 rings (SSSR count). The Morgan fingerprint density at radius 1 is 1.21 bits per heavy atom. The monoisotopic (exact) mass is 263 g/mol. The van der Waals surface area contributed by atoms with E-state index < -0.39 is 0 Å². The van der Waals surface area contributed by atoms with Crippen molar-refractivity contribution in [1.29, 1.82) is 0 Å². The van der Waals surface area contributed by atoms with Gasteiger partial charge in [-0.1, -0.05) is 18.9 Å². The average Bonchev–Trinajstić information content (AvgIpc) is 2.93. The fourth-order valence-corrected chi connectivity index (χ4v) is 2.91. The fourth-order valence-electron chi connectivity index (χ4n) is 2.91. The highest BCUT2D eigenvalue weighted by Crippen LogP contribution is 2.32. The van der Waals surface area contributed by atoms with Gasteiger partial charge in [0.2, 0.25) is 6.79 Å². The van der Waals surface area contributed by atoms with Gasteiger partial charge in [-0.3, -0.25) is 0 Å². The lowest BCUT2D eigenvalue weighted by Crippen LogP contribution is -2.42. The van der Waals surface area contributed by atoms with Crippen molar-refractivity contribution in [3.8, 4) is 11.5 Å². The quantitative estimate of drug-likeness (QED) is 0.906. The third-order valence-corrected chi connectivity index (χ3v) is 4.01. The number of hydrogen-bond donors (Lipinski definition) is 1. The molecular weight excluding hydrogens is 242 g/mol. The second kappa shape index (κ2) is 5.80. The van der Waals surface area contributed by atoms with Crippen LogP contribution in [0.15, 0.2) is 18.2 Å². The van der Waals surface area contributed by atoms with Crippen LogP contribution in [0.25, 0.3) is 0 Å². The zero-order valence-electron chi connectivity index (χ0n) is 11.4. The van der Waals surface area contributed by atoms with Gasteiger partial charge in [-0.25, -0.2) is 0 Å². The fraction of sp³-hybridized carbons (Fsp3) is 0.600. The molecule has 1 N–H and O–H groups in total. The van der Waals surface area contributed by atoms with Crippen molar-refractivity contribution in [2.75, 3.05) is 13.9 Å². The van der Waals surface area contributed by atoms with E-state index in [9.17, 15) is 0 Å². The normalized spacial score (nSPS) is 25.5. The van der Waals surface area contributed by atoms with Crippen LogP contribution >= 0.6 is 0 Å². The second-order valence-corrected chi connectivity index (χ2v) is 5.23. The summed E-state index contributed by atoms with van der Waals surface area (Å²) >= 11 is 0. The Kier molecular flexibility index (Phi) is 3.89. The number of nitrogens with one attached hydrogen (secondary N) is 1. The Labute approximate surface area is 114 Å². The van der Waals surface area contributed by atoms with Crippen LogP contribution in [0, 0.1) is 0 Å². The van der Waals surface area contributed by atoms with Crippen molar-refractivity contribution in [2.45, 2.75) is 44.4 Å².